The molecule has 0 unspecified atom stereocenters. The van der Waals surface area contributed by atoms with Crippen LogP contribution in [-0.2, 0) is 26.8 Å². The number of aliphatic hydroxyl groups is 3. The molecule has 0 aliphatic carbocycles. The molecule has 2 aliphatic heterocycles. The van der Waals surface area contributed by atoms with Crippen LogP contribution in [0, 0.1) is 5.82 Å². The highest BCUT2D eigenvalue weighted by Gasteiger charge is 2.71. The minimum absolute atomic E-state index is 0.208. The molecule has 0 radical (unpaired) electrons. The van der Waals surface area contributed by atoms with E-state index in [9.17, 15) is 59.3 Å². The van der Waals surface area contributed by atoms with Crippen molar-refractivity contribution in [1.82, 2.24) is 4.90 Å². The van der Waals surface area contributed by atoms with Gasteiger partial charge < -0.3 is 20.2 Å². The van der Waals surface area contributed by atoms with Crippen molar-refractivity contribution in [2.75, 3.05) is 17.5 Å². The number of nitrogens with zero attached hydrogens (tertiary/aromatic N) is 2. The van der Waals surface area contributed by atoms with Crippen LogP contribution >= 0.6 is 0 Å². The van der Waals surface area contributed by atoms with Crippen LogP contribution in [-0.4, -0.2) is 78.2 Å². The van der Waals surface area contributed by atoms with Gasteiger partial charge >= 0.3 is 12.4 Å². The van der Waals surface area contributed by atoms with Gasteiger partial charge in [-0.05, 0) is 68.0 Å². The molecule has 2 heterocycles. The number of fused-ring (bicyclic) bond motifs is 1. The number of rotatable bonds is 7. The zero-order valence-corrected chi connectivity index (χ0v) is 23.3. The summed E-state index contributed by atoms with van der Waals surface area (Å²) in [7, 11) is -4.66. The average molecular weight is 643 g/mol. The summed E-state index contributed by atoms with van der Waals surface area (Å²) in [5.74, 6) is -1.35. The van der Waals surface area contributed by atoms with Crippen LogP contribution in [0.4, 0.5) is 36.4 Å². The van der Waals surface area contributed by atoms with Gasteiger partial charge in [-0.15, -0.1) is 0 Å². The number of hydrogen-bond donors (Lipinski definition) is 3. The SMILES string of the molecule is O=C(C[C@@H]1CCc2cc(C(O)(C(F)(F)F)C(F)(F)F)ccc2N1S(=O)(=O)c1ccc(F)cc1)N1CCCC[C@@H]1[C@@H](O)CO. The van der Waals surface area contributed by atoms with E-state index >= 15 is 0 Å². The molecule has 1 fully saturated rings. The molecule has 16 heteroatoms. The van der Waals surface area contributed by atoms with Crippen molar-refractivity contribution in [3.63, 3.8) is 0 Å². The van der Waals surface area contributed by atoms with Crippen LogP contribution < -0.4 is 4.31 Å². The first-order chi connectivity index (χ1) is 19.9. The van der Waals surface area contributed by atoms with Gasteiger partial charge in [0, 0.05) is 18.5 Å². The molecule has 3 atom stereocenters. The van der Waals surface area contributed by atoms with Crippen molar-refractivity contribution >= 4 is 21.6 Å². The second-order valence-electron chi connectivity index (χ2n) is 10.6. The van der Waals surface area contributed by atoms with Crippen molar-refractivity contribution in [3.8, 4) is 0 Å². The van der Waals surface area contributed by atoms with Crippen molar-refractivity contribution < 1.29 is 59.3 Å². The summed E-state index contributed by atoms with van der Waals surface area (Å²) in [5.41, 5.74) is -7.37. The van der Waals surface area contributed by atoms with Gasteiger partial charge in [0.05, 0.1) is 35.4 Å². The third-order valence-electron chi connectivity index (χ3n) is 7.92. The maximum absolute atomic E-state index is 13.8. The fourth-order valence-corrected chi connectivity index (χ4v) is 7.40. The molecule has 1 amide bonds. The lowest BCUT2D eigenvalue weighted by atomic mass is 9.87. The molecule has 3 N–H and O–H groups in total. The quantitative estimate of drug-likeness (QED) is 0.396. The van der Waals surface area contributed by atoms with E-state index in [1.54, 1.807) is 0 Å². The number of benzene rings is 2. The van der Waals surface area contributed by atoms with Gasteiger partial charge in [0.1, 0.15) is 5.82 Å². The van der Waals surface area contributed by atoms with Gasteiger partial charge in [-0.25, -0.2) is 12.8 Å². The van der Waals surface area contributed by atoms with E-state index in [1.165, 1.54) is 4.90 Å². The monoisotopic (exact) mass is 642 g/mol. The first kappa shape index (κ1) is 33.0. The van der Waals surface area contributed by atoms with Gasteiger partial charge in [-0.2, -0.15) is 26.3 Å². The Bertz CT molecular complexity index is 1420. The van der Waals surface area contributed by atoms with E-state index in [0.29, 0.717) is 37.5 Å². The van der Waals surface area contributed by atoms with Crippen LogP contribution in [0.3, 0.4) is 0 Å². The first-order valence-electron chi connectivity index (χ1n) is 13.3. The normalized spacial score (nSPS) is 21.0. The highest BCUT2D eigenvalue weighted by Crippen LogP contribution is 2.51. The predicted octanol–water partition coefficient (Wildman–Crippen LogP) is 3.77. The maximum Gasteiger partial charge on any atom is 0.430 e. The number of amides is 1. The van der Waals surface area contributed by atoms with E-state index in [1.807, 2.05) is 0 Å². The summed E-state index contributed by atoms with van der Waals surface area (Å²) in [4.78, 5) is 14.3. The summed E-state index contributed by atoms with van der Waals surface area (Å²) in [6.07, 6.45) is -12.9. The number of sulfonamides is 1. The summed E-state index contributed by atoms with van der Waals surface area (Å²) in [6, 6.07) is 3.13. The molecule has 2 aromatic rings. The Kier molecular flexibility index (Phi) is 9.09. The molecule has 0 bridgehead atoms. The first-order valence-corrected chi connectivity index (χ1v) is 14.7. The Labute approximate surface area is 242 Å². The van der Waals surface area contributed by atoms with Crippen molar-refractivity contribution in [3.05, 3.63) is 59.4 Å². The standard InChI is InChI=1S/C27H29F7N2O6S/c28-18-6-9-20(10-7-18)43(41,42)36-19(14-24(39)35-12-2-1-3-22(35)23(38)15-37)8-4-16-13-17(5-11-21(16)36)25(40,26(29,30)31)27(32,33)34/h5-7,9-11,13,19,22-23,37-38,40H,1-4,8,12,14-15H2/t19-,22+,23-/m0/s1. The van der Waals surface area contributed by atoms with Gasteiger partial charge in [0.15, 0.2) is 0 Å². The number of halogens is 7. The van der Waals surface area contributed by atoms with Crippen molar-refractivity contribution in [2.45, 2.75) is 79.6 Å². The minimum Gasteiger partial charge on any atom is -0.394 e. The maximum atomic E-state index is 13.8. The van der Waals surface area contributed by atoms with Crippen LogP contribution in [0.5, 0.6) is 0 Å². The van der Waals surface area contributed by atoms with Gasteiger partial charge in [-0.3, -0.25) is 9.10 Å². The Balaban J connectivity index is 1.79. The fourth-order valence-electron chi connectivity index (χ4n) is 5.69. The third-order valence-corrected chi connectivity index (χ3v) is 9.80. The van der Waals surface area contributed by atoms with E-state index < -0.39 is 81.4 Å². The summed E-state index contributed by atoms with van der Waals surface area (Å²) >= 11 is 0. The van der Waals surface area contributed by atoms with Crippen molar-refractivity contribution in [1.29, 1.82) is 0 Å². The van der Waals surface area contributed by atoms with Crippen LogP contribution in [0.25, 0.3) is 0 Å². The molecule has 0 aromatic heterocycles. The highest BCUT2D eigenvalue weighted by molar-refractivity contribution is 7.92. The molecular formula is C27H29F7N2O6S. The second-order valence-corrected chi connectivity index (χ2v) is 12.4. The van der Waals surface area contributed by atoms with E-state index in [2.05, 4.69) is 0 Å². The molecule has 2 aromatic carbocycles. The summed E-state index contributed by atoms with van der Waals surface area (Å²) in [5, 5.41) is 29.6. The minimum atomic E-state index is -6.16. The zero-order chi connectivity index (χ0) is 32.0. The molecule has 8 nitrogen and oxygen atoms in total. The highest BCUT2D eigenvalue weighted by atomic mass is 32.2. The Hall–Kier alpha value is -2.95. The lowest BCUT2D eigenvalue weighted by Crippen LogP contribution is -2.54. The Morgan fingerprint density at radius 2 is 1.60 bits per heavy atom. The number of aryl methyl sites for hydroxylation is 1. The lowest BCUT2D eigenvalue weighted by Gasteiger charge is -2.42. The number of piperidine rings is 1. The fraction of sp³-hybridized carbons (Fsp3) is 0.519. The Morgan fingerprint density at radius 1 is 0.977 bits per heavy atom. The third kappa shape index (κ3) is 6.06. The average Bonchev–Trinajstić information content (AvgIpc) is 2.94. The smallest absolute Gasteiger partial charge is 0.394 e. The van der Waals surface area contributed by atoms with Gasteiger partial charge in [0.2, 0.25) is 5.91 Å². The number of likely N-dealkylation sites (tertiary alicyclic amines) is 1. The van der Waals surface area contributed by atoms with Crippen LogP contribution in [0.2, 0.25) is 0 Å². The van der Waals surface area contributed by atoms with E-state index in [0.717, 1.165) is 28.6 Å². The largest absolute Gasteiger partial charge is 0.430 e. The summed E-state index contributed by atoms with van der Waals surface area (Å²) < 4.78 is 123. The molecule has 0 spiro atoms. The second kappa shape index (κ2) is 11.9. The van der Waals surface area contributed by atoms with Gasteiger partial charge in [0.25, 0.3) is 15.6 Å². The number of hydrogen-bond acceptors (Lipinski definition) is 6. The topological polar surface area (TPSA) is 118 Å². The molecule has 1 saturated heterocycles. The number of carbonyl (C=O) groups excluding carboxylic acids is 1. The van der Waals surface area contributed by atoms with Crippen LogP contribution in [0.1, 0.15) is 43.2 Å². The van der Waals surface area contributed by atoms with Gasteiger partial charge in [-0.1, -0.05) is 12.1 Å². The van der Waals surface area contributed by atoms with Crippen molar-refractivity contribution in [2.24, 2.45) is 0 Å². The van der Waals surface area contributed by atoms with E-state index in [-0.39, 0.29) is 30.6 Å². The molecule has 2 aliphatic rings. The van der Waals surface area contributed by atoms with Crippen LogP contribution in [0.15, 0.2) is 47.4 Å². The Morgan fingerprint density at radius 3 is 2.19 bits per heavy atom. The predicted molar refractivity (Wildman–Crippen MR) is 138 cm³/mol. The molecule has 4 rings (SSSR count). The number of alkyl halides is 6. The number of carbonyl (C=O) groups is 1. The zero-order valence-electron chi connectivity index (χ0n) is 22.4. The molecule has 0 saturated carbocycles. The lowest BCUT2D eigenvalue weighted by molar-refractivity contribution is -0.376. The molecular weight excluding hydrogens is 613 g/mol. The van der Waals surface area contributed by atoms with E-state index in [4.69, 9.17) is 0 Å². The molecule has 43 heavy (non-hydrogen) atoms. The molecule has 238 valence electrons. The number of aliphatic hydroxyl groups excluding tert-OH is 2. The number of anilines is 1. The summed E-state index contributed by atoms with van der Waals surface area (Å²) in [6.45, 7) is -0.410.